The van der Waals surface area contributed by atoms with Crippen molar-refractivity contribution in [1.29, 1.82) is 0 Å². The lowest BCUT2D eigenvalue weighted by molar-refractivity contribution is -0.121. The van der Waals surface area contributed by atoms with Crippen LogP contribution in [0.25, 0.3) is 0 Å². The van der Waals surface area contributed by atoms with Crippen LogP contribution in [0.5, 0.6) is 0 Å². The lowest BCUT2D eigenvalue weighted by Gasteiger charge is -2.25. The van der Waals surface area contributed by atoms with Crippen LogP contribution in [-0.2, 0) is 10.2 Å². The van der Waals surface area contributed by atoms with E-state index >= 15 is 0 Å². The van der Waals surface area contributed by atoms with E-state index in [1.54, 1.807) is 11.3 Å². The second-order valence-electron chi connectivity index (χ2n) is 5.27. The Morgan fingerprint density at radius 2 is 2.24 bits per heavy atom. The number of hydrogen-bond acceptors (Lipinski definition) is 3. The van der Waals surface area contributed by atoms with E-state index in [2.05, 4.69) is 37.5 Å². The first-order valence-electron chi connectivity index (χ1n) is 5.90. The third-order valence-electron chi connectivity index (χ3n) is 2.71. The van der Waals surface area contributed by atoms with Crippen LogP contribution in [0.2, 0.25) is 0 Å². The third-order valence-corrected chi connectivity index (χ3v) is 4.09. The molecule has 1 unspecified atom stereocenters. The van der Waals surface area contributed by atoms with E-state index in [0.717, 1.165) is 0 Å². The second kappa shape index (κ2) is 5.65. The fourth-order valence-electron chi connectivity index (χ4n) is 1.83. The minimum Gasteiger partial charge on any atom is -0.355 e. The fraction of sp³-hybridized carbons (Fsp3) is 0.615. The Kier molecular flexibility index (Phi) is 4.71. The van der Waals surface area contributed by atoms with Crippen molar-refractivity contribution in [1.82, 2.24) is 5.32 Å². The van der Waals surface area contributed by atoms with Gasteiger partial charge >= 0.3 is 0 Å². The maximum absolute atomic E-state index is 11.6. The summed E-state index contributed by atoms with van der Waals surface area (Å²) in [6, 6.07) is 2.03. The average molecular weight is 254 g/mol. The molecule has 0 fully saturated rings. The maximum Gasteiger partial charge on any atom is 0.221 e. The molecular weight excluding hydrogens is 232 g/mol. The van der Waals surface area contributed by atoms with Crippen molar-refractivity contribution in [3.63, 3.8) is 0 Å². The van der Waals surface area contributed by atoms with Crippen LogP contribution < -0.4 is 11.1 Å². The van der Waals surface area contributed by atoms with Crippen molar-refractivity contribution in [3.05, 3.63) is 21.9 Å². The highest BCUT2D eigenvalue weighted by atomic mass is 32.1. The fourth-order valence-corrected chi connectivity index (χ4v) is 2.88. The molecule has 96 valence electrons. The summed E-state index contributed by atoms with van der Waals surface area (Å²) in [5, 5.41) is 5.05. The summed E-state index contributed by atoms with van der Waals surface area (Å²) in [5.74, 6) is 0.0299. The van der Waals surface area contributed by atoms with Gasteiger partial charge in [-0.15, -0.1) is 11.3 Å². The van der Waals surface area contributed by atoms with Crippen molar-refractivity contribution in [2.75, 3.05) is 6.54 Å². The van der Waals surface area contributed by atoms with Crippen LogP contribution in [0.15, 0.2) is 11.4 Å². The molecule has 0 bridgehead atoms. The zero-order chi connectivity index (χ0) is 13.1. The van der Waals surface area contributed by atoms with Crippen LogP contribution in [0.3, 0.4) is 0 Å². The number of hydrogen-bond donors (Lipinski definition) is 2. The van der Waals surface area contributed by atoms with Crippen molar-refractivity contribution in [2.45, 2.75) is 45.6 Å². The van der Waals surface area contributed by atoms with Gasteiger partial charge in [-0.1, -0.05) is 13.8 Å². The first-order chi connectivity index (χ1) is 7.83. The Morgan fingerprint density at radius 3 is 2.71 bits per heavy atom. The number of carbonyl (C=O) groups is 1. The molecule has 0 aromatic carbocycles. The molecule has 1 amide bonds. The average Bonchev–Trinajstić information content (AvgIpc) is 2.61. The normalized spacial score (nSPS) is 13.5. The van der Waals surface area contributed by atoms with Crippen molar-refractivity contribution in [2.24, 2.45) is 5.73 Å². The molecule has 0 spiro atoms. The van der Waals surface area contributed by atoms with Crippen LogP contribution in [0.4, 0.5) is 0 Å². The molecule has 1 aromatic heterocycles. The molecule has 0 radical (unpaired) electrons. The number of nitrogens with one attached hydrogen (secondary N) is 1. The Labute approximate surface area is 107 Å². The Morgan fingerprint density at radius 1 is 1.59 bits per heavy atom. The summed E-state index contributed by atoms with van der Waals surface area (Å²) in [4.78, 5) is 12.9. The SMILES string of the molecule is Cc1ccsc1C(C)(C)CNC(=O)CC(C)N. The highest BCUT2D eigenvalue weighted by Crippen LogP contribution is 2.30. The molecule has 3 nitrogen and oxygen atoms in total. The number of amides is 1. The molecule has 0 saturated carbocycles. The van der Waals surface area contributed by atoms with E-state index in [1.807, 2.05) is 6.92 Å². The summed E-state index contributed by atoms with van der Waals surface area (Å²) in [5.41, 5.74) is 6.86. The Hall–Kier alpha value is -0.870. The highest BCUT2D eigenvalue weighted by Gasteiger charge is 2.24. The summed E-state index contributed by atoms with van der Waals surface area (Å²) in [6.07, 6.45) is 0.388. The number of carbonyl (C=O) groups excluding carboxylic acids is 1. The monoisotopic (exact) mass is 254 g/mol. The molecule has 17 heavy (non-hydrogen) atoms. The van der Waals surface area contributed by atoms with E-state index in [9.17, 15) is 4.79 Å². The standard InChI is InChI=1S/C13H22N2OS/c1-9-5-6-17-12(9)13(3,4)8-15-11(16)7-10(2)14/h5-6,10H,7-8,14H2,1-4H3,(H,15,16). The number of thiophene rings is 1. The van der Waals surface area contributed by atoms with Gasteiger partial charge in [0.2, 0.25) is 5.91 Å². The molecule has 0 aliphatic carbocycles. The van der Waals surface area contributed by atoms with Gasteiger partial charge in [-0.3, -0.25) is 4.79 Å². The van der Waals surface area contributed by atoms with E-state index in [4.69, 9.17) is 5.73 Å². The Balaban J connectivity index is 2.56. The number of nitrogens with two attached hydrogens (primary N) is 1. The zero-order valence-corrected chi connectivity index (χ0v) is 11.9. The lowest BCUT2D eigenvalue weighted by Crippen LogP contribution is -2.38. The van der Waals surface area contributed by atoms with E-state index in [1.165, 1.54) is 10.4 Å². The van der Waals surface area contributed by atoms with E-state index in [-0.39, 0.29) is 17.4 Å². The van der Waals surface area contributed by atoms with Crippen LogP contribution in [-0.4, -0.2) is 18.5 Å². The quantitative estimate of drug-likeness (QED) is 0.846. The molecule has 1 heterocycles. The number of rotatable bonds is 5. The van der Waals surface area contributed by atoms with Crippen molar-refractivity contribution in [3.8, 4) is 0 Å². The van der Waals surface area contributed by atoms with Gasteiger partial charge in [0.1, 0.15) is 0 Å². The second-order valence-corrected chi connectivity index (χ2v) is 6.19. The van der Waals surface area contributed by atoms with E-state index in [0.29, 0.717) is 13.0 Å². The molecule has 1 atom stereocenters. The summed E-state index contributed by atoms with van der Waals surface area (Å²) >= 11 is 1.75. The topological polar surface area (TPSA) is 55.1 Å². The molecule has 1 rings (SSSR count). The molecule has 0 saturated heterocycles. The lowest BCUT2D eigenvalue weighted by atomic mass is 9.89. The van der Waals surface area contributed by atoms with E-state index < -0.39 is 0 Å². The van der Waals surface area contributed by atoms with Crippen LogP contribution in [0.1, 0.15) is 37.6 Å². The first-order valence-corrected chi connectivity index (χ1v) is 6.78. The third kappa shape index (κ3) is 4.13. The van der Waals surface area contributed by atoms with Gasteiger partial charge < -0.3 is 11.1 Å². The smallest absolute Gasteiger partial charge is 0.221 e. The van der Waals surface area contributed by atoms with Gasteiger partial charge in [0.15, 0.2) is 0 Å². The highest BCUT2D eigenvalue weighted by molar-refractivity contribution is 7.10. The largest absolute Gasteiger partial charge is 0.355 e. The molecule has 1 aromatic rings. The van der Waals surface area contributed by atoms with Crippen molar-refractivity contribution < 1.29 is 4.79 Å². The zero-order valence-electron chi connectivity index (χ0n) is 11.0. The van der Waals surface area contributed by atoms with Gasteiger partial charge in [-0.05, 0) is 30.9 Å². The summed E-state index contributed by atoms with van der Waals surface area (Å²) < 4.78 is 0. The predicted molar refractivity (Wildman–Crippen MR) is 73.4 cm³/mol. The molecule has 3 N–H and O–H groups in total. The summed E-state index contributed by atoms with van der Waals surface area (Å²) in [6.45, 7) is 8.90. The van der Waals surface area contributed by atoms with Crippen LogP contribution in [0, 0.1) is 6.92 Å². The number of aryl methyl sites for hydroxylation is 1. The van der Waals surface area contributed by atoms with Gasteiger partial charge in [-0.2, -0.15) is 0 Å². The van der Waals surface area contributed by atoms with Gasteiger partial charge in [0.05, 0.1) is 0 Å². The van der Waals surface area contributed by atoms with Gasteiger partial charge in [0.25, 0.3) is 0 Å². The first kappa shape index (κ1) is 14.2. The maximum atomic E-state index is 11.6. The minimum absolute atomic E-state index is 0.0221. The minimum atomic E-state index is -0.0819. The molecule has 0 aliphatic heterocycles. The van der Waals surface area contributed by atoms with Gasteiger partial charge in [0, 0.05) is 29.3 Å². The molecule has 0 aliphatic rings. The van der Waals surface area contributed by atoms with Crippen molar-refractivity contribution >= 4 is 17.2 Å². The summed E-state index contributed by atoms with van der Waals surface area (Å²) in [7, 11) is 0. The van der Waals surface area contributed by atoms with Crippen LogP contribution >= 0.6 is 11.3 Å². The Bertz CT molecular complexity index is 383. The predicted octanol–water partition coefficient (Wildman–Crippen LogP) is 2.19. The molecule has 4 heteroatoms. The van der Waals surface area contributed by atoms with Gasteiger partial charge in [-0.25, -0.2) is 0 Å². The molecular formula is C13H22N2OS.